The quantitative estimate of drug-likeness (QED) is 0.662. The first-order chi connectivity index (χ1) is 8.69. The maximum absolute atomic E-state index is 13.3. The maximum Gasteiger partial charge on any atom is 0.191 e. The molecular weight excluding hydrogens is 297 g/mol. The van der Waals surface area contributed by atoms with Gasteiger partial charge in [-0.3, -0.25) is 4.99 Å². The monoisotopic (exact) mass is 313 g/mol. The molecule has 1 saturated carbocycles. The molecule has 0 aliphatic heterocycles. The number of aliphatic imine (C=N–C) groups is 1. The van der Waals surface area contributed by atoms with E-state index in [1.807, 2.05) is 6.07 Å². The van der Waals surface area contributed by atoms with Gasteiger partial charge in [0.25, 0.3) is 0 Å². The summed E-state index contributed by atoms with van der Waals surface area (Å²) in [6.45, 7) is 1.53. The van der Waals surface area contributed by atoms with Crippen molar-refractivity contribution in [2.24, 2.45) is 10.9 Å². The van der Waals surface area contributed by atoms with Crippen LogP contribution in [0.4, 0.5) is 4.39 Å². The van der Waals surface area contributed by atoms with Gasteiger partial charge in [-0.05, 0) is 52.4 Å². The van der Waals surface area contributed by atoms with Crippen molar-refractivity contribution in [2.45, 2.75) is 19.4 Å². The molecule has 1 aliphatic rings. The molecule has 2 N–H and O–H groups in total. The number of nitrogens with zero attached hydrogens (tertiary/aromatic N) is 1. The number of benzene rings is 1. The van der Waals surface area contributed by atoms with E-state index in [2.05, 4.69) is 31.6 Å². The Bertz CT molecular complexity index is 444. The van der Waals surface area contributed by atoms with Crippen molar-refractivity contribution in [3.8, 4) is 0 Å². The van der Waals surface area contributed by atoms with E-state index in [0.29, 0.717) is 11.0 Å². The molecule has 1 fully saturated rings. The summed E-state index contributed by atoms with van der Waals surface area (Å²) in [7, 11) is 1.74. The average molecular weight is 314 g/mol. The second kappa shape index (κ2) is 6.18. The summed E-state index contributed by atoms with van der Waals surface area (Å²) in [5, 5.41) is 6.44. The van der Waals surface area contributed by atoms with Gasteiger partial charge >= 0.3 is 0 Å². The van der Waals surface area contributed by atoms with Crippen molar-refractivity contribution in [2.75, 3.05) is 13.6 Å². The Labute approximate surface area is 115 Å². The molecule has 2 rings (SSSR count). The Morgan fingerprint density at radius 1 is 1.44 bits per heavy atom. The van der Waals surface area contributed by atoms with Gasteiger partial charge in [0.2, 0.25) is 0 Å². The summed E-state index contributed by atoms with van der Waals surface area (Å²) in [5.41, 5.74) is 0.894. The molecule has 1 aromatic carbocycles. The van der Waals surface area contributed by atoms with Gasteiger partial charge in [-0.1, -0.05) is 6.07 Å². The van der Waals surface area contributed by atoms with Gasteiger partial charge in [0, 0.05) is 20.1 Å². The highest BCUT2D eigenvalue weighted by Crippen LogP contribution is 2.27. The Morgan fingerprint density at radius 2 is 2.22 bits per heavy atom. The number of hydrogen-bond donors (Lipinski definition) is 2. The zero-order chi connectivity index (χ0) is 13.0. The SMILES string of the molecule is CN=C(NCc1ccc(Br)c(F)c1)NCC1CC1. The molecule has 18 heavy (non-hydrogen) atoms. The van der Waals surface area contributed by atoms with Crippen molar-refractivity contribution in [1.29, 1.82) is 0 Å². The van der Waals surface area contributed by atoms with E-state index >= 15 is 0 Å². The molecular formula is C13H17BrFN3. The number of hydrogen-bond acceptors (Lipinski definition) is 1. The van der Waals surface area contributed by atoms with Crippen LogP contribution in [0.15, 0.2) is 27.7 Å². The average Bonchev–Trinajstić information content (AvgIpc) is 3.18. The Kier molecular flexibility index (Phi) is 4.58. The van der Waals surface area contributed by atoms with Crippen LogP contribution in [0.1, 0.15) is 18.4 Å². The lowest BCUT2D eigenvalue weighted by Crippen LogP contribution is -2.37. The Balaban J connectivity index is 1.82. The Morgan fingerprint density at radius 3 is 2.83 bits per heavy atom. The molecule has 0 amide bonds. The van der Waals surface area contributed by atoms with Crippen molar-refractivity contribution in [1.82, 2.24) is 10.6 Å². The first-order valence-electron chi connectivity index (χ1n) is 6.07. The standard InChI is InChI=1S/C13H17BrFN3/c1-16-13(17-7-9-2-3-9)18-8-10-4-5-11(14)12(15)6-10/h4-6,9H,2-3,7-8H2,1H3,(H2,16,17,18). The lowest BCUT2D eigenvalue weighted by atomic mass is 10.2. The van der Waals surface area contributed by atoms with E-state index in [1.54, 1.807) is 13.1 Å². The van der Waals surface area contributed by atoms with Crippen molar-refractivity contribution >= 4 is 21.9 Å². The van der Waals surface area contributed by atoms with Crippen LogP contribution in [-0.2, 0) is 6.54 Å². The molecule has 1 aromatic rings. The van der Waals surface area contributed by atoms with Gasteiger partial charge in [-0.25, -0.2) is 4.39 Å². The normalized spacial score (nSPS) is 15.6. The van der Waals surface area contributed by atoms with E-state index in [9.17, 15) is 4.39 Å². The van der Waals surface area contributed by atoms with E-state index in [4.69, 9.17) is 0 Å². The molecule has 0 bridgehead atoms. The predicted molar refractivity (Wildman–Crippen MR) is 75.0 cm³/mol. The van der Waals surface area contributed by atoms with Gasteiger partial charge < -0.3 is 10.6 Å². The van der Waals surface area contributed by atoms with Crippen LogP contribution < -0.4 is 10.6 Å². The van der Waals surface area contributed by atoms with Crippen LogP contribution in [-0.4, -0.2) is 19.6 Å². The molecule has 98 valence electrons. The minimum atomic E-state index is -0.241. The summed E-state index contributed by atoms with van der Waals surface area (Å²) in [6, 6.07) is 5.12. The zero-order valence-electron chi connectivity index (χ0n) is 10.3. The van der Waals surface area contributed by atoms with E-state index < -0.39 is 0 Å². The van der Waals surface area contributed by atoms with Gasteiger partial charge in [0.1, 0.15) is 5.82 Å². The fraction of sp³-hybridized carbons (Fsp3) is 0.462. The largest absolute Gasteiger partial charge is 0.356 e. The van der Waals surface area contributed by atoms with Crippen LogP contribution in [0.3, 0.4) is 0 Å². The summed E-state index contributed by atoms with van der Waals surface area (Å²) in [6.07, 6.45) is 2.61. The molecule has 0 spiro atoms. The molecule has 0 saturated heterocycles. The molecule has 0 radical (unpaired) electrons. The Hall–Kier alpha value is -1.10. The van der Waals surface area contributed by atoms with Crippen LogP contribution in [0.2, 0.25) is 0 Å². The van der Waals surface area contributed by atoms with Crippen molar-refractivity contribution in [3.05, 3.63) is 34.1 Å². The smallest absolute Gasteiger partial charge is 0.191 e. The molecule has 5 heteroatoms. The van der Waals surface area contributed by atoms with Crippen molar-refractivity contribution in [3.63, 3.8) is 0 Å². The first-order valence-corrected chi connectivity index (χ1v) is 6.87. The zero-order valence-corrected chi connectivity index (χ0v) is 11.9. The third-order valence-electron chi connectivity index (χ3n) is 2.92. The van der Waals surface area contributed by atoms with Crippen molar-refractivity contribution < 1.29 is 4.39 Å². The van der Waals surface area contributed by atoms with Crippen LogP contribution >= 0.6 is 15.9 Å². The summed E-state index contributed by atoms with van der Waals surface area (Å²) in [5.74, 6) is 1.33. The molecule has 0 unspecified atom stereocenters. The fourth-order valence-corrected chi connectivity index (χ4v) is 1.87. The lowest BCUT2D eigenvalue weighted by molar-refractivity contribution is 0.617. The minimum absolute atomic E-state index is 0.241. The number of guanidine groups is 1. The van der Waals surface area contributed by atoms with Gasteiger partial charge in [-0.2, -0.15) is 0 Å². The van der Waals surface area contributed by atoms with E-state index in [1.165, 1.54) is 18.9 Å². The highest BCUT2D eigenvalue weighted by Gasteiger charge is 2.20. The molecule has 0 aromatic heterocycles. The van der Waals surface area contributed by atoms with Gasteiger partial charge in [0.05, 0.1) is 4.47 Å². The third-order valence-corrected chi connectivity index (χ3v) is 3.57. The second-order valence-electron chi connectivity index (χ2n) is 4.50. The number of halogens is 2. The lowest BCUT2D eigenvalue weighted by Gasteiger charge is -2.11. The van der Waals surface area contributed by atoms with Crippen LogP contribution in [0, 0.1) is 11.7 Å². The molecule has 3 nitrogen and oxygen atoms in total. The molecule has 0 heterocycles. The maximum atomic E-state index is 13.3. The highest BCUT2D eigenvalue weighted by molar-refractivity contribution is 9.10. The van der Waals surface area contributed by atoms with Gasteiger partial charge in [0.15, 0.2) is 5.96 Å². The fourth-order valence-electron chi connectivity index (χ4n) is 1.62. The first kappa shape index (κ1) is 13.3. The van der Waals surface area contributed by atoms with Crippen LogP contribution in [0.5, 0.6) is 0 Å². The summed E-state index contributed by atoms with van der Waals surface area (Å²) < 4.78 is 13.8. The van der Waals surface area contributed by atoms with E-state index in [0.717, 1.165) is 24.0 Å². The predicted octanol–water partition coefficient (Wildman–Crippen LogP) is 2.66. The highest BCUT2D eigenvalue weighted by atomic mass is 79.9. The summed E-state index contributed by atoms with van der Waals surface area (Å²) in [4.78, 5) is 4.13. The third kappa shape index (κ3) is 3.98. The number of rotatable bonds is 4. The number of nitrogens with one attached hydrogen (secondary N) is 2. The van der Waals surface area contributed by atoms with E-state index in [-0.39, 0.29) is 5.82 Å². The minimum Gasteiger partial charge on any atom is -0.356 e. The molecule has 0 atom stereocenters. The topological polar surface area (TPSA) is 36.4 Å². The molecule has 1 aliphatic carbocycles. The van der Waals surface area contributed by atoms with Crippen LogP contribution in [0.25, 0.3) is 0 Å². The van der Waals surface area contributed by atoms with Gasteiger partial charge in [-0.15, -0.1) is 0 Å². The second-order valence-corrected chi connectivity index (χ2v) is 5.35. The summed E-state index contributed by atoms with van der Waals surface area (Å²) >= 11 is 3.14.